The molecule has 4 nitrogen and oxygen atoms in total. The highest BCUT2D eigenvalue weighted by Gasteiger charge is 2.29. The van der Waals surface area contributed by atoms with Crippen LogP contribution in [-0.2, 0) is 4.74 Å². The Bertz CT molecular complexity index is 182. The zero-order valence-electron chi connectivity index (χ0n) is 8.19. The van der Waals surface area contributed by atoms with E-state index in [9.17, 15) is 4.79 Å². The zero-order valence-corrected chi connectivity index (χ0v) is 8.19. The van der Waals surface area contributed by atoms with Gasteiger partial charge >= 0.3 is 6.09 Å². The summed E-state index contributed by atoms with van der Waals surface area (Å²) in [6, 6.07) is -0.0741. The minimum Gasteiger partial charge on any atom is -0.448 e. The molecule has 1 aliphatic rings. The van der Waals surface area contributed by atoms with Gasteiger partial charge in [0.05, 0.1) is 19.2 Å². The molecule has 0 aromatic carbocycles. The smallest absolute Gasteiger partial charge is 0.410 e. The molecule has 1 amide bonds. The van der Waals surface area contributed by atoms with Crippen molar-refractivity contribution in [2.24, 2.45) is 5.92 Å². The Balaban J connectivity index is 2.49. The molecular formula is C9H17NO3. The van der Waals surface area contributed by atoms with Crippen LogP contribution in [0.4, 0.5) is 4.79 Å². The number of rotatable bonds is 4. The minimum absolute atomic E-state index is 0.0211. The average Bonchev–Trinajstić information content (AvgIpc) is 2.47. The Morgan fingerprint density at radius 3 is 2.69 bits per heavy atom. The van der Waals surface area contributed by atoms with E-state index in [1.807, 2.05) is 0 Å². The summed E-state index contributed by atoms with van der Waals surface area (Å²) in [7, 11) is 0. The molecule has 13 heavy (non-hydrogen) atoms. The van der Waals surface area contributed by atoms with E-state index >= 15 is 0 Å². The van der Waals surface area contributed by atoms with Gasteiger partial charge in [0.1, 0.15) is 6.61 Å². The van der Waals surface area contributed by atoms with Gasteiger partial charge in [0.25, 0.3) is 0 Å². The van der Waals surface area contributed by atoms with Crippen LogP contribution in [0.2, 0.25) is 0 Å². The summed E-state index contributed by atoms with van der Waals surface area (Å²) in [6.07, 6.45) is 0.533. The van der Waals surface area contributed by atoms with Crippen molar-refractivity contribution in [2.75, 3.05) is 19.8 Å². The van der Waals surface area contributed by atoms with Crippen LogP contribution < -0.4 is 0 Å². The van der Waals surface area contributed by atoms with E-state index in [2.05, 4.69) is 13.8 Å². The predicted octanol–water partition coefficient (Wildman–Crippen LogP) is 0.846. The molecule has 76 valence electrons. The molecule has 1 aliphatic heterocycles. The molecule has 1 rings (SSSR count). The first kappa shape index (κ1) is 10.3. The summed E-state index contributed by atoms with van der Waals surface area (Å²) in [5.74, 6) is 0.477. The number of carbonyl (C=O) groups excluding carboxylic acids is 1. The van der Waals surface area contributed by atoms with Crippen LogP contribution in [0.1, 0.15) is 20.3 Å². The van der Waals surface area contributed by atoms with E-state index in [1.54, 1.807) is 4.90 Å². The molecule has 4 heteroatoms. The summed E-state index contributed by atoms with van der Waals surface area (Å²) in [6.45, 7) is 5.23. The lowest BCUT2D eigenvalue weighted by Crippen LogP contribution is -2.39. The third-order valence-corrected chi connectivity index (χ3v) is 2.19. The molecule has 0 saturated carbocycles. The average molecular weight is 187 g/mol. The fourth-order valence-electron chi connectivity index (χ4n) is 1.58. The Morgan fingerprint density at radius 2 is 2.31 bits per heavy atom. The largest absolute Gasteiger partial charge is 0.448 e. The summed E-state index contributed by atoms with van der Waals surface area (Å²) in [5, 5.41) is 9.10. The van der Waals surface area contributed by atoms with Crippen LogP contribution in [0.15, 0.2) is 0 Å². The Labute approximate surface area is 78.5 Å². The number of aliphatic hydroxyl groups is 1. The van der Waals surface area contributed by atoms with Crippen LogP contribution >= 0.6 is 0 Å². The Kier molecular flexibility index (Phi) is 3.54. The lowest BCUT2D eigenvalue weighted by molar-refractivity contribution is 0.117. The lowest BCUT2D eigenvalue weighted by Gasteiger charge is -2.24. The molecule has 1 N–H and O–H groups in total. The van der Waals surface area contributed by atoms with Crippen molar-refractivity contribution in [3.8, 4) is 0 Å². The van der Waals surface area contributed by atoms with Crippen LogP contribution in [0.25, 0.3) is 0 Å². The van der Waals surface area contributed by atoms with Crippen molar-refractivity contribution >= 4 is 6.09 Å². The molecule has 1 saturated heterocycles. The van der Waals surface area contributed by atoms with Gasteiger partial charge in [-0.15, -0.1) is 0 Å². The van der Waals surface area contributed by atoms with E-state index in [-0.39, 0.29) is 18.7 Å². The molecule has 0 aromatic rings. The Morgan fingerprint density at radius 1 is 1.62 bits per heavy atom. The monoisotopic (exact) mass is 187 g/mol. The number of ether oxygens (including phenoxy) is 1. The van der Waals surface area contributed by atoms with Crippen LogP contribution in [0, 0.1) is 5.92 Å². The number of nitrogens with zero attached hydrogens (tertiary/aromatic N) is 1. The molecule has 0 radical (unpaired) electrons. The number of aliphatic hydroxyl groups excluding tert-OH is 1. The molecule has 1 heterocycles. The van der Waals surface area contributed by atoms with Crippen molar-refractivity contribution in [3.63, 3.8) is 0 Å². The highest BCUT2D eigenvalue weighted by atomic mass is 16.6. The van der Waals surface area contributed by atoms with Gasteiger partial charge in [-0.25, -0.2) is 4.79 Å². The van der Waals surface area contributed by atoms with Crippen molar-refractivity contribution in [1.29, 1.82) is 0 Å². The molecular weight excluding hydrogens is 170 g/mol. The second-order valence-corrected chi connectivity index (χ2v) is 3.77. The Hall–Kier alpha value is -0.770. The summed E-state index contributed by atoms with van der Waals surface area (Å²) >= 11 is 0. The van der Waals surface area contributed by atoms with Crippen molar-refractivity contribution in [1.82, 2.24) is 4.90 Å². The SMILES string of the molecule is CC(C)CC(CO)N1CCOC1=O. The first-order chi connectivity index (χ1) is 6.15. The molecule has 0 spiro atoms. The second-order valence-electron chi connectivity index (χ2n) is 3.77. The first-order valence-electron chi connectivity index (χ1n) is 4.69. The van der Waals surface area contributed by atoms with Gasteiger partial charge in [-0.05, 0) is 12.3 Å². The van der Waals surface area contributed by atoms with Gasteiger partial charge in [0.15, 0.2) is 0 Å². The van der Waals surface area contributed by atoms with E-state index in [0.29, 0.717) is 19.1 Å². The van der Waals surface area contributed by atoms with Crippen molar-refractivity contribution in [3.05, 3.63) is 0 Å². The third-order valence-electron chi connectivity index (χ3n) is 2.19. The molecule has 1 fully saturated rings. The lowest BCUT2D eigenvalue weighted by atomic mass is 10.0. The normalized spacial score (nSPS) is 19.4. The maximum atomic E-state index is 11.1. The summed E-state index contributed by atoms with van der Waals surface area (Å²) in [5.41, 5.74) is 0. The van der Waals surface area contributed by atoms with Crippen molar-refractivity contribution in [2.45, 2.75) is 26.3 Å². The molecule has 1 atom stereocenters. The number of carbonyl (C=O) groups is 1. The van der Waals surface area contributed by atoms with E-state index in [4.69, 9.17) is 9.84 Å². The topological polar surface area (TPSA) is 49.8 Å². The van der Waals surface area contributed by atoms with Crippen LogP contribution in [0.5, 0.6) is 0 Å². The standard InChI is InChI=1S/C9H17NO3/c1-7(2)5-8(6-11)10-3-4-13-9(10)12/h7-8,11H,3-6H2,1-2H3. The van der Waals surface area contributed by atoms with Crippen LogP contribution in [-0.4, -0.2) is 41.9 Å². The molecule has 0 aromatic heterocycles. The van der Waals surface area contributed by atoms with Gasteiger partial charge < -0.3 is 9.84 Å². The summed E-state index contributed by atoms with van der Waals surface area (Å²) in [4.78, 5) is 12.8. The summed E-state index contributed by atoms with van der Waals surface area (Å²) < 4.78 is 4.81. The molecule has 0 aliphatic carbocycles. The zero-order chi connectivity index (χ0) is 9.84. The highest BCUT2D eigenvalue weighted by Crippen LogP contribution is 2.15. The fraction of sp³-hybridized carbons (Fsp3) is 0.889. The fourth-order valence-corrected chi connectivity index (χ4v) is 1.58. The van der Waals surface area contributed by atoms with E-state index in [0.717, 1.165) is 6.42 Å². The first-order valence-corrected chi connectivity index (χ1v) is 4.69. The van der Waals surface area contributed by atoms with Gasteiger partial charge in [-0.3, -0.25) is 4.90 Å². The van der Waals surface area contributed by atoms with Gasteiger partial charge in [0, 0.05) is 0 Å². The molecule has 0 bridgehead atoms. The molecule has 1 unspecified atom stereocenters. The van der Waals surface area contributed by atoms with Crippen LogP contribution in [0.3, 0.4) is 0 Å². The van der Waals surface area contributed by atoms with Crippen molar-refractivity contribution < 1.29 is 14.6 Å². The third kappa shape index (κ3) is 2.59. The number of hydrogen-bond donors (Lipinski definition) is 1. The quantitative estimate of drug-likeness (QED) is 0.709. The van der Waals surface area contributed by atoms with E-state index in [1.165, 1.54) is 0 Å². The minimum atomic E-state index is -0.292. The van der Waals surface area contributed by atoms with Gasteiger partial charge in [-0.2, -0.15) is 0 Å². The highest BCUT2D eigenvalue weighted by molar-refractivity contribution is 5.69. The maximum absolute atomic E-state index is 11.1. The number of amides is 1. The van der Waals surface area contributed by atoms with Gasteiger partial charge in [-0.1, -0.05) is 13.8 Å². The predicted molar refractivity (Wildman–Crippen MR) is 48.4 cm³/mol. The van der Waals surface area contributed by atoms with E-state index < -0.39 is 0 Å². The van der Waals surface area contributed by atoms with Gasteiger partial charge in [0.2, 0.25) is 0 Å². The number of hydrogen-bond acceptors (Lipinski definition) is 3. The number of cyclic esters (lactones) is 1. The maximum Gasteiger partial charge on any atom is 0.410 e. The second kappa shape index (κ2) is 4.46.